The molecule has 0 saturated carbocycles. The van der Waals surface area contributed by atoms with Crippen LogP contribution in [-0.4, -0.2) is 56.6 Å². The van der Waals surface area contributed by atoms with Crippen LogP contribution in [0.15, 0.2) is 29.3 Å². The molecule has 1 atom stereocenters. The molecule has 1 aromatic carbocycles. The van der Waals surface area contributed by atoms with E-state index in [-0.39, 0.29) is 48.3 Å². The third kappa shape index (κ3) is 11.0. The molecule has 6 nitrogen and oxygen atoms in total. The first-order chi connectivity index (χ1) is 12.3. The predicted molar refractivity (Wildman–Crippen MR) is 118 cm³/mol. The molecule has 0 aliphatic carbocycles. The first-order valence-electron chi connectivity index (χ1n) is 8.96. The fourth-order valence-electron chi connectivity index (χ4n) is 1.98. The van der Waals surface area contributed by atoms with E-state index in [2.05, 4.69) is 29.5 Å². The van der Waals surface area contributed by atoms with Gasteiger partial charge in [0.2, 0.25) is 5.91 Å². The molecule has 0 radical (unpaired) electrons. The lowest BCUT2D eigenvalue weighted by Gasteiger charge is -2.21. The summed E-state index contributed by atoms with van der Waals surface area (Å²) in [5, 5.41) is 6.42. The highest BCUT2D eigenvalue weighted by Gasteiger charge is 2.11. The molecule has 154 valence electrons. The molecule has 0 aliphatic heterocycles. The molecule has 1 rings (SSSR count). The van der Waals surface area contributed by atoms with Gasteiger partial charge in [0, 0.05) is 26.7 Å². The molecule has 0 spiro atoms. The minimum Gasteiger partial charge on any atom is -0.489 e. The summed E-state index contributed by atoms with van der Waals surface area (Å²) in [6.45, 7) is 7.49. The van der Waals surface area contributed by atoms with Crippen LogP contribution >= 0.6 is 24.0 Å². The Morgan fingerprint density at radius 2 is 1.93 bits per heavy atom. The Morgan fingerprint density at radius 1 is 1.26 bits per heavy atom. The second-order valence-electron chi connectivity index (χ2n) is 6.71. The van der Waals surface area contributed by atoms with Gasteiger partial charge in [0.25, 0.3) is 0 Å². The van der Waals surface area contributed by atoms with Crippen LogP contribution in [-0.2, 0) is 4.79 Å². The third-order valence-electron chi connectivity index (χ3n) is 3.60. The number of nitrogens with zero attached hydrogens (tertiary/aromatic N) is 2. The van der Waals surface area contributed by atoms with Crippen LogP contribution in [0.4, 0.5) is 4.39 Å². The van der Waals surface area contributed by atoms with Gasteiger partial charge in [-0.15, -0.1) is 24.0 Å². The standard InChI is InChI=1S/C19H31FN4O2.HI/c1-6-16(26-17-9-7-8-15(20)10-17)12-22-19(21-11-14(2)3)23-13-18(25)24(4)5;/h7-10,14,16H,6,11-13H2,1-5H3,(H2,21,22,23);1H. The first-order valence-corrected chi connectivity index (χ1v) is 8.96. The fraction of sp³-hybridized carbons (Fsp3) is 0.579. The zero-order chi connectivity index (χ0) is 19.5. The lowest BCUT2D eigenvalue weighted by atomic mass is 10.2. The number of rotatable bonds is 9. The normalized spacial score (nSPS) is 12.2. The number of amides is 1. The maximum absolute atomic E-state index is 13.3. The molecule has 1 aromatic rings. The summed E-state index contributed by atoms with van der Waals surface area (Å²) in [6.07, 6.45) is 0.602. The van der Waals surface area contributed by atoms with Crippen molar-refractivity contribution in [1.82, 2.24) is 15.5 Å². The molecule has 27 heavy (non-hydrogen) atoms. The number of ether oxygens (including phenoxy) is 1. The number of likely N-dealkylation sites (N-methyl/N-ethyl adjacent to an activating group) is 1. The Labute approximate surface area is 179 Å². The molecular weight excluding hydrogens is 462 g/mol. The number of halogens is 2. The van der Waals surface area contributed by atoms with Crippen molar-refractivity contribution in [3.8, 4) is 5.75 Å². The summed E-state index contributed by atoms with van der Waals surface area (Å²) in [6, 6.07) is 6.10. The van der Waals surface area contributed by atoms with Crippen molar-refractivity contribution in [3.63, 3.8) is 0 Å². The molecule has 0 fully saturated rings. The van der Waals surface area contributed by atoms with E-state index in [1.165, 1.54) is 17.0 Å². The smallest absolute Gasteiger partial charge is 0.243 e. The summed E-state index contributed by atoms with van der Waals surface area (Å²) < 4.78 is 19.1. The van der Waals surface area contributed by atoms with E-state index in [1.807, 2.05) is 6.92 Å². The van der Waals surface area contributed by atoms with Crippen molar-refractivity contribution in [2.24, 2.45) is 10.9 Å². The van der Waals surface area contributed by atoms with Crippen molar-refractivity contribution < 1.29 is 13.9 Å². The molecule has 2 N–H and O–H groups in total. The van der Waals surface area contributed by atoms with Crippen molar-refractivity contribution in [2.45, 2.75) is 33.3 Å². The van der Waals surface area contributed by atoms with E-state index >= 15 is 0 Å². The molecular formula is C19H32FIN4O2. The van der Waals surface area contributed by atoms with Gasteiger partial charge in [0.15, 0.2) is 5.96 Å². The summed E-state index contributed by atoms with van der Waals surface area (Å²) in [7, 11) is 3.40. The van der Waals surface area contributed by atoms with Crippen molar-refractivity contribution >= 4 is 35.8 Å². The summed E-state index contributed by atoms with van der Waals surface area (Å²) >= 11 is 0. The van der Waals surface area contributed by atoms with Gasteiger partial charge in [-0.3, -0.25) is 4.79 Å². The number of carbonyl (C=O) groups is 1. The van der Waals surface area contributed by atoms with Crippen LogP contribution in [0, 0.1) is 11.7 Å². The van der Waals surface area contributed by atoms with E-state index in [9.17, 15) is 9.18 Å². The lowest BCUT2D eigenvalue weighted by Crippen LogP contribution is -2.44. The molecule has 1 amide bonds. The summed E-state index contributed by atoms with van der Waals surface area (Å²) in [5.41, 5.74) is 0. The Bertz CT molecular complexity index is 597. The SMILES string of the molecule is CCC(CNC(=NCC(=O)N(C)C)NCC(C)C)Oc1cccc(F)c1.I. The highest BCUT2D eigenvalue weighted by Crippen LogP contribution is 2.14. The van der Waals surface area contributed by atoms with Crippen LogP contribution in [0.1, 0.15) is 27.2 Å². The minimum absolute atomic E-state index is 0. The van der Waals surface area contributed by atoms with E-state index in [4.69, 9.17) is 4.74 Å². The molecule has 0 heterocycles. The Kier molecular flexibility index (Phi) is 12.8. The number of aliphatic imine (C=N–C) groups is 1. The molecule has 0 saturated heterocycles. The largest absolute Gasteiger partial charge is 0.489 e. The van der Waals surface area contributed by atoms with Crippen molar-refractivity contribution in [1.29, 1.82) is 0 Å². The summed E-state index contributed by atoms with van der Waals surface area (Å²) in [5.74, 6) is 1.11. The molecule has 0 bridgehead atoms. The molecule has 1 unspecified atom stereocenters. The third-order valence-corrected chi connectivity index (χ3v) is 3.60. The summed E-state index contributed by atoms with van der Waals surface area (Å²) in [4.78, 5) is 17.6. The van der Waals surface area contributed by atoms with Crippen LogP contribution in [0.5, 0.6) is 5.75 Å². The highest BCUT2D eigenvalue weighted by atomic mass is 127. The average Bonchev–Trinajstić information content (AvgIpc) is 2.59. The van der Waals surface area contributed by atoms with Gasteiger partial charge < -0.3 is 20.3 Å². The van der Waals surface area contributed by atoms with E-state index in [0.717, 1.165) is 13.0 Å². The monoisotopic (exact) mass is 494 g/mol. The second-order valence-corrected chi connectivity index (χ2v) is 6.71. The quantitative estimate of drug-likeness (QED) is 0.315. The maximum Gasteiger partial charge on any atom is 0.243 e. The zero-order valence-corrected chi connectivity index (χ0v) is 19.1. The van der Waals surface area contributed by atoms with Crippen molar-refractivity contribution in [3.05, 3.63) is 30.1 Å². The van der Waals surface area contributed by atoms with Crippen molar-refractivity contribution in [2.75, 3.05) is 33.7 Å². The molecule has 8 heteroatoms. The fourth-order valence-corrected chi connectivity index (χ4v) is 1.98. The van der Waals surface area contributed by atoms with Gasteiger partial charge in [-0.05, 0) is 24.5 Å². The zero-order valence-electron chi connectivity index (χ0n) is 16.8. The topological polar surface area (TPSA) is 66.0 Å². The number of benzene rings is 1. The number of carbonyl (C=O) groups excluding carboxylic acids is 1. The Morgan fingerprint density at radius 3 is 2.48 bits per heavy atom. The second kappa shape index (κ2) is 13.6. The van der Waals surface area contributed by atoms with Crippen LogP contribution in [0.3, 0.4) is 0 Å². The Hall–Kier alpha value is -1.58. The van der Waals surface area contributed by atoms with Gasteiger partial charge in [-0.25, -0.2) is 9.38 Å². The van der Waals surface area contributed by atoms with Gasteiger partial charge in [0.1, 0.15) is 24.2 Å². The van der Waals surface area contributed by atoms with Gasteiger partial charge in [-0.1, -0.05) is 26.8 Å². The van der Waals surface area contributed by atoms with Gasteiger partial charge in [-0.2, -0.15) is 0 Å². The van der Waals surface area contributed by atoms with Gasteiger partial charge in [0.05, 0.1) is 6.54 Å². The number of hydrogen-bond donors (Lipinski definition) is 2. The van der Waals surface area contributed by atoms with Gasteiger partial charge >= 0.3 is 0 Å². The van der Waals surface area contributed by atoms with E-state index in [0.29, 0.717) is 24.2 Å². The maximum atomic E-state index is 13.3. The minimum atomic E-state index is -0.326. The van der Waals surface area contributed by atoms with E-state index < -0.39 is 0 Å². The number of hydrogen-bond acceptors (Lipinski definition) is 3. The van der Waals surface area contributed by atoms with E-state index in [1.54, 1.807) is 26.2 Å². The molecule has 0 aliphatic rings. The predicted octanol–water partition coefficient (Wildman–Crippen LogP) is 2.88. The average molecular weight is 494 g/mol. The number of guanidine groups is 1. The molecule has 0 aromatic heterocycles. The van der Waals surface area contributed by atoms with Crippen LogP contribution < -0.4 is 15.4 Å². The first kappa shape index (κ1) is 25.4. The number of nitrogens with one attached hydrogen (secondary N) is 2. The lowest BCUT2D eigenvalue weighted by molar-refractivity contribution is -0.127. The van der Waals surface area contributed by atoms with Crippen LogP contribution in [0.2, 0.25) is 0 Å². The highest BCUT2D eigenvalue weighted by molar-refractivity contribution is 14.0. The van der Waals surface area contributed by atoms with Crippen LogP contribution in [0.25, 0.3) is 0 Å². The Balaban J connectivity index is 0.00000676.